The monoisotopic (exact) mass is 499 g/mol. The van der Waals surface area contributed by atoms with E-state index in [1.807, 2.05) is 6.07 Å². The van der Waals surface area contributed by atoms with Crippen LogP contribution in [0.4, 0.5) is 0 Å². The molecule has 2 unspecified atom stereocenters. The van der Waals surface area contributed by atoms with E-state index in [1.165, 1.54) is 16.7 Å². The maximum absolute atomic E-state index is 11.9. The van der Waals surface area contributed by atoms with Crippen LogP contribution >= 0.6 is 0 Å². The quantitative estimate of drug-likeness (QED) is 0.368. The zero-order valence-electron chi connectivity index (χ0n) is 23.2. The van der Waals surface area contributed by atoms with Crippen molar-refractivity contribution in [1.29, 1.82) is 0 Å². The minimum atomic E-state index is -0.728. The Kier molecular flexibility index (Phi) is 9.92. The molecule has 0 aromatic heterocycles. The number of fused-ring (bicyclic) bond motifs is 1. The van der Waals surface area contributed by atoms with E-state index in [1.54, 1.807) is 28.4 Å². The van der Waals surface area contributed by atoms with Gasteiger partial charge in [0.05, 0.1) is 34.0 Å². The zero-order valence-corrected chi connectivity index (χ0v) is 23.2. The van der Waals surface area contributed by atoms with Crippen LogP contribution in [-0.2, 0) is 12.8 Å². The van der Waals surface area contributed by atoms with Crippen LogP contribution in [0.15, 0.2) is 30.3 Å². The number of aryl methyl sites for hydroxylation is 2. The van der Waals surface area contributed by atoms with E-state index in [0.29, 0.717) is 5.92 Å². The van der Waals surface area contributed by atoms with E-state index >= 15 is 0 Å². The van der Waals surface area contributed by atoms with Gasteiger partial charge < -0.3 is 29.0 Å². The molecular weight excluding hydrogens is 454 g/mol. The van der Waals surface area contributed by atoms with Crippen LogP contribution in [0.3, 0.4) is 0 Å². The van der Waals surface area contributed by atoms with Gasteiger partial charge >= 0.3 is 0 Å². The van der Waals surface area contributed by atoms with Gasteiger partial charge in [-0.15, -0.1) is 0 Å². The molecule has 0 bridgehead atoms. The molecule has 1 N–H and O–H groups in total. The Labute approximate surface area is 217 Å². The Morgan fingerprint density at radius 2 is 1.53 bits per heavy atom. The van der Waals surface area contributed by atoms with Crippen LogP contribution in [0.1, 0.15) is 62.1 Å². The number of rotatable bonds is 13. The lowest BCUT2D eigenvalue weighted by atomic mass is 9.66. The molecule has 6 heteroatoms. The minimum Gasteiger partial charge on any atom is -0.493 e. The maximum atomic E-state index is 11.9. The highest BCUT2D eigenvalue weighted by Crippen LogP contribution is 2.48. The van der Waals surface area contributed by atoms with E-state index in [9.17, 15) is 5.11 Å². The van der Waals surface area contributed by atoms with Gasteiger partial charge in [-0.25, -0.2) is 0 Å². The highest BCUT2D eigenvalue weighted by atomic mass is 16.5. The van der Waals surface area contributed by atoms with Gasteiger partial charge in [0.1, 0.15) is 0 Å². The topological polar surface area (TPSA) is 60.4 Å². The molecule has 6 nitrogen and oxygen atoms in total. The van der Waals surface area contributed by atoms with Crippen LogP contribution in [-0.4, -0.2) is 64.2 Å². The Morgan fingerprint density at radius 1 is 0.889 bits per heavy atom. The van der Waals surface area contributed by atoms with Crippen LogP contribution in [0.5, 0.6) is 23.0 Å². The Bertz CT molecular complexity index is 992. The number of nitrogens with zero attached hydrogens (tertiary/aromatic N) is 1. The van der Waals surface area contributed by atoms with Gasteiger partial charge in [-0.2, -0.15) is 0 Å². The number of benzene rings is 2. The smallest absolute Gasteiger partial charge is 0.161 e. The predicted octanol–water partition coefficient (Wildman–Crippen LogP) is 5.48. The molecule has 0 spiro atoms. The fourth-order valence-electron chi connectivity index (χ4n) is 5.74. The van der Waals surface area contributed by atoms with Crippen LogP contribution in [0.2, 0.25) is 0 Å². The van der Waals surface area contributed by atoms with Gasteiger partial charge in [0, 0.05) is 12.5 Å². The lowest BCUT2D eigenvalue weighted by Gasteiger charge is -2.44. The van der Waals surface area contributed by atoms with Crippen molar-refractivity contribution in [3.05, 3.63) is 47.0 Å². The SMILES string of the molecule is COc1ccc(CCCCN(C)CCC2(O)CCc3cc(OC)c(OC)cc3C2C(C)C)cc1OC. The molecule has 0 heterocycles. The summed E-state index contributed by atoms with van der Waals surface area (Å²) in [5.74, 6) is 3.43. The second-order valence-electron chi connectivity index (χ2n) is 10.4. The van der Waals surface area contributed by atoms with Gasteiger partial charge in [0.25, 0.3) is 0 Å². The Hall–Kier alpha value is -2.44. The van der Waals surface area contributed by atoms with Crippen LogP contribution < -0.4 is 18.9 Å². The van der Waals surface area contributed by atoms with Gasteiger partial charge in [0.15, 0.2) is 23.0 Å². The molecule has 0 saturated carbocycles. The van der Waals surface area contributed by atoms with E-state index in [2.05, 4.69) is 50.1 Å². The Balaban J connectivity index is 1.56. The molecule has 0 aliphatic heterocycles. The summed E-state index contributed by atoms with van der Waals surface area (Å²) in [6.07, 6.45) is 5.60. The van der Waals surface area contributed by atoms with Crippen molar-refractivity contribution < 1.29 is 24.1 Å². The first-order valence-electron chi connectivity index (χ1n) is 13.1. The predicted molar refractivity (Wildman–Crippen MR) is 145 cm³/mol. The summed E-state index contributed by atoms with van der Waals surface area (Å²) in [4.78, 5) is 2.36. The summed E-state index contributed by atoms with van der Waals surface area (Å²) in [6, 6.07) is 10.3. The van der Waals surface area contributed by atoms with Crippen molar-refractivity contribution in [1.82, 2.24) is 4.90 Å². The van der Waals surface area contributed by atoms with E-state index in [4.69, 9.17) is 18.9 Å². The van der Waals surface area contributed by atoms with Crippen molar-refractivity contribution >= 4 is 0 Å². The minimum absolute atomic E-state index is 0.0690. The highest BCUT2D eigenvalue weighted by Gasteiger charge is 2.43. The lowest BCUT2D eigenvalue weighted by molar-refractivity contribution is -0.0301. The van der Waals surface area contributed by atoms with Gasteiger partial charge in [-0.3, -0.25) is 0 Å². The van der Waals surface area contributed by atoms with E-state index < -0.39 is 5.60 Å². The number of unbranched alkanes of at least 4 members (excludes halogenated alkanes) is 1. The lowest BCUT2D eigenvalue weighted by Crippen LogP contribution is -2.45. The first kappa shape index (κ1) is 28.1. The Morgan fingerprint density at radius 3 is 2.17 bits per heavy atom. The standard InChI is InChI=1S/C30H45NO5/c1-21(2)29-24-20-28(36-7)27(35-6)19-23(24)13-14-30(29,32)15-17-31(3)16-9-8-10-22-11-12-25(33-4)26(18-22)34-5/h11-12,18-21,29,32H,8-10,13-17H2,1-7H3. The summed E-state index contributed by atoms with van der Waals surface area (Å²) < 4.78 is 21.9. The summed E-state index contributed by atoms with van der Waals surface area (Å²) >= 11 is 0. The van der Waals surface area contributed by atoms with Crippen molar-refractivity contribution in [3.8, 4) is 23.0 Å². The van der Waals surface area contributed by atoms with Gasteiger partial charge in [-0.05, 0) is 99.0 Å². The van der Waals surface area contributed by atoms with E-state index in [0.717, 1.165) is 74.6 Å². The molecule has 0 radical (unpaired) electrons. The first-order chi connectivity index (χ1) is 17.3. The van der Waals surface area contributed by atoms with Crippen molar-refractivity contribution in [2.75, 3.05) is 48.6 Å². The zero-order chi connectivity index (χ0) is 26.3. The number of hydrogen-bond acceptors (Lipinski definition) is 6. The normalized spacial score (nSPS) is 19.3. The summed E-state index contributed by atoms with van der Waals surface area (Å²) in [6.45, 7) is 6.30. The summed E-state index contributed by atoms with van der Waals surface area (Å²) in [5, 5.41) is 11.9. The molecule has 3 rings (SSSR count). The molecule has 2 aromatic carbocycles. The molecule has 0 amide bonds. The molecule has 200 valence electrons. The van der Waals surface area contributed by atoms with Gasteiger partial charge in [0.2, 0.25) is 0 Å². The van der Waals surface area contributed by atoms with E-state index in [-0.39, 0.29) is 5.92 Å². The van der Waals surface area contributed by atoms with Crippen molar-refractivity contribution in [2.45, 2.75) is 63.9 Å². The molecule has 1 aliphatic carbocycles. The maximum Gasteiger partial charge on any atom is 0.161 e. The second kappa shape index (κ2) is 12.7. The summed E-state index contributed by atoms with van der Waals surface area (Å²) in [5.41, 5.74) is 3.00. The number of ether oxygens (including phenoxy) is 4. The van der Waals surface area contributed by atoms with Crippen LogP contribution in [0.25, 0.3) is 0 Å². The van der Waals surface area contributed by atoms with Crippen molar-refractivity contribution in [3.63, 3.8) is 0 Å². The fraction of sp³-hybridized carbons (Fsp3) is 0.600. The third-order valence-corrected chi connectivity index (χ3v) is 7.68. The molecule has 36 heavy (non-hydrogen) atoms. The van der Waals surface area contributed by atoms with Crippen LogP contribution in [0, 0.1) is 5.92 Å². The second-order valence-corrected chi connectivity index (χ2v) is 10.4. The highest BCUT2D eigenvalue weighted by molar-refractivity contribution is 5.50. The molecule has 0 saturated heterocycles. The van der Waals surface area contributed by atoms with Gasteiger partial charge in [-0.1, -0.05) is 19.9 Å². The molecular formula is C30H45NO5. The first-order valence-corrected chi connectivity index (χ1v) is 13.1. The molecule has 1 aliphatic rings. The third kappa shape index (κ3) is 6.46. The fourth-order valence-corrected chi connectivity index (χ4v) is 5.74. The molecule has 0 fully saturated rings. The average Bonchev–Trinajstić information content (AvgIpc) is 2.88. The van der Waals surface area contributed by atoms with Crippen molar-refractivity contribution in [2.24, 2.45) is 5.92 Å². The molecule has 2 atom stereocenters. The number of aliphatic hydroxyl groups is 1. The largest absolute Gasteiger partial charge is 0.493 e. The molecule has 2 aromatic rings. The summed E-state index contributed by atoms with van der Waals surface area (Å²) in [7, 11) is 8.84. The average molecular weight is 500 g/mol. The number of hydrogen-bond donors (Lipinski definition) is 1. The number of methoxy groups -OCH3 is 4. The third-order valence-electron chi connectivity index (χ3n) is 7.68.